The number of fused-ring (bicyclic) bond motifs is 1. The van der Waals surface area contributed by atoms with Crippen molar-refractivity contribution in [1.29, 1.82) is 0 Å². The quantitative estimate of drug-likeness (QED) is 0.783. The van der Waals surface area contributed by atoms with Crippen LogP contribution in [0.15, 0.2) is 6.20 Å². The predicted octanol–water partition coefficient (Wildman–Crippen LogP) is 3.10. The Labute approximate surface area is 139 Å². The highest BCUT2D eigenvalue weighted by molar-refractivity contribution is 8.93. The van der Waals surface area contributed by atoms with Crippen molar-refractivity contribution in [2.75, 3.05) is 32.1 Å². The van der Waals surface area contributed by atoms with Crippen molar-refractivity contribution >= 4 is 22.9 Å². The molecule has 0 saturated carbocycles. The molecular weight excluding hydrogens is 328 g/mol. The summed E-state index contributed by atoms with van der Waals surface area (Å²) in [4.78, 5) is 13.9. The molecule has 0 fully saturated rings. The van der Waals surface area contributed by atoms with Crippen LogP contribution in [0.25, 0.3) is 0 Å². The molecule has 0 aromatic carbocycles. The first-order valence-electron chi connectivity index (χ1n) is 7.91. The van der Waals surface area contributed by atoms with Crippen molar-refractivity contribution < 1.29 is 0 Å². The molecule has 0 spiro atoms. The van der Waals surface area contributed by atoms with Gasteiger partial charge < -0.3 is 9.80 Å². The van der Waals surface area contributed by atoms with Gasteiger partial charge in [0.1, 0.15) is 0 Å². The van der Waals surface area contributed by atoms with Gasteiger partial charge in [0.05, 0.1) is 0 Å². The highest BCUT2D eigenvalue weighted by atomic mass is 79.9. The van der Waals surface area contributed by atoms with Crippen molar-refractivity contribution in [1.82, 2.24) is 14.9 Å². The summed E-state index contributed by atoms with van der Waals surface area (Å²) in [6.45, 7) is 6.62. The molecule has 1 aromatic heterocycles. The number of rotatable bonds is 6. The third-order valence-corrected chi connectivity index (χ3v) is 4.21. The minimum absolute atomic E-state index is 0. The van der Waals surface area contributed by atoms with Gasteiger partial charge in [0.25, 0.3) is 0 Å². The maximum absolute atomic E-state index is 4.77. The zero-order valence-corrected chi connectivity index (χ0v) is 15.5. The van der Waals surface area contributed by atoms with Gasteiger partial charge in [-0.05, 0) is 51.3 Å². The lowest BCUT2D eigenvalue weighted by Gasteiger charge is -2.32. The average Bonchev–Trinajstić information content (AvgIpc) is 2.46. The summed E-state index contributed by atoms with van der Waals surface area (Å²) >= 11 is 0. The van der Waals surface area contributed by atoms with Gasteiger partial charge in [0.2, 0.25) is 5.95 Å². The van der Waals surface area contributed by atoms with Crippen molar-refractivity contribution in [2.45, 2.75) is 52.0 Å². The van der Waals surface area contributed by atoms with Crippen molar-refractivity contribution in [3.05, 3.63) is 17.5 Å². The van der Waals surface area contributed by atoms with Crippen molar-refractivity contribution in [3.63, 3.8) is 0 Å². The lowest BCUT2D eigenvalue weighted by atomic mass is 9.92. The zero-order valence-electron chi connectivity index (χ0n) is 13.8. The first kappa shape index (κ1) is 18.4. The molecule has 0 saturated heterocycles. The number of halogens is 1. The second-order valence-electron chi connectivity index (χ2n) is 5.94. The van der Waals surface area contributed by atoms with Gasteiger partial charge in [-0.25, -0.2) is 9.97 Å². The summed E-state index contributed by atoms with van der Waals surface area (Å²) in [5.41, 5.74) is 2.61. The van der Waals surface area contributed by atoms with Gasteiger partial charge in [-0.1, -0.05) is 13.8 Å². The molecule has 0 N–H and O–H groups in total. The highest BCUT2D eigenvalue weighted by Gasteiger charge is 2.23. The molecule has 1 aromatic rings. The van der Waals surface area contributed by atoms with Gasteiger partial charge in [-0.3, -0.25) is 0 Å². The van der Waals surface area contributed by atoms with Crippen LogP contribution in [-0.2, 0) is 12.8 Å². The maximum Gasteiger partial charge on any atom is 0.225 e. The number of likely N-dealkylation sites (N-methyl/N-ethyl adjacent to an activating group) is 1. The second-order valence-corrected chi connectivity index (χ2v) is 5.94. The van der Waals surface area contributed by atoms with E-state index >= 15 is 0 Å². The van der Waals surface area contributed by atoms with Crippen molar-refractivity contribution in [3.8, 4) is 0 Å². The molecule has 1 unspecified atom stereocenters. The van der Waals surface area contributed by atoms with E-state index in [-0.39, 0.29) is 17.0 Å². The standard InChI is InChI=1S/C16H28N4.BrH/c1-5-9-19(3)14-7-8-15-13(11-14)12-17-16(18-15)20(4)10-6-2;/h12,14H,5-11H2,1-4H3;1H. The number of aryl methyl sites for hydroxylation is 1. The Morgan fingerprint density at radius 1 is 1.19 bits per heavy atom. The smallest absolute Gasteiger partial charge is 0.225 e. The molecule has 0 amide bonds. The topological polar surface area (TPSA) is 32.3 Å². The van der Waals surface area contributed by atoms with Crippen LogP contribution in [0, 0.1) is 0 Å². The monoisotopic (exact) mass is 356 g/mol. The molecule has 0 radical (unpaired) electrons. The van der Waals surface area contributed by atoms with E-state index in [1.165, 1.54) is 30.6 Å². The fraction of sp³-hybridized carbons (Fsp3) is 0.750. The summed E-state index contributed by atoms with van der Waals surface area (Å²) < 4.78 is 0. The SMILES string of the molecule is Br.CCCN(C)c1ncc2c(n1)CCC(N(C)CCC)C2. The molecule has 5 heteroatoms. The molecule has 1 atom stereocenters. The van der Waals surface area contributed by atoms with E-state index in [2.05, 4.69) is 48.9 Å². The largest absolute Gasteiger partial charge is 0.344 e. The molecule has 1 aliphatic rings. The third-order valence-electron chi connectivity index (χ3n) is 4.21. The van der Waals surface area contributed by atoms with Crippen LogP contribution in [0.3, 0.4) is 0 Å². The van der Waals surface area contributed by atoms with Crippen LogP contribution < -0.4 is 4.90 Å². The first-order chi connectivity index (χ1) is 9.65. The van der Waals surface area contributed by atoms with E-state index < -0.39 is 0 Å². The molecule has 1 heterocycles. The Bertz CT molecular complexity index is 438. The number of aromatic nitrogens is 2. The molecular formula is C16H29BrN4. The number of nitrogens with zero attached hydrogens (tertiary/aromatic N) is 4. The summed E-state index contributed by atoms with van der Waals surface area (Å²) in [5, 5.41) is 0. The number of hydrogen-bond acceptors (Lipinski definition) is 4. The maximum atomic E-state index is 4.77. The normalized spacial score (nSPS) is 17.3. The minimum atomic E-state index is 0. The molecule has 21 heavy (non-hydrogen) atoms. The van der Waals surface area contributed by atoms with Gasteiger partial charge >= 0.3 is 0 Å². The number of anilines is 1. The third kappa shape index (κ3) is 4.65. The Morgan fingerprint density at radius 3 is 2.57 bits per heavy atom. The summed E-state index contributed by atoms with van der Waals surface area (Å²) in [6, 6.07) is 0.658. The molecule has 120 valence electrons. The summed E-state index contributed by atoms with van der Waals surface area (Å²) in [5.74, 6) is 0.881. The van der Waals surface area contributed by atoms with E-state index in [0.29, 0.717) is 6.04 Å². The molecule has 4 nitrogen and oxygen atoms in total. The predicted molar refractivity (Wildman–Crippen MR) is 94.6 cm³/mol. The number of hydrogen-bond donors (Lipinski definition) is 0. The lowest BCUT2D eigenvalue weighted by Crippen LogP contribution is -2.37. The Morgan fingerprint density at radius 2 is 1.90 bits per heavy atom. The van der Waals surface area contributed by atoms with E-state index in [1.807, 2.05) is 0 Å². The second kappa shape index (κ2) is 8.69. The first-order valence-corrected chi connectivity index (χ1v) is 7.91. The van der Waals surface area contributed by atoms with Gasteiger partial charge in [-0.15, -0.1) is 17.0 Å². The Kier molecular flexibility index (Phi) is 7.60. The molecule has 0 aliphatic heterocycles. The molecule has 1 aliphatic carbocycles. The van der Waals surface area contributed by atoms with E-state index in [1.54, 1.807) is 0 Å². The summed E-state index contributed by atoms with van der Waals surface area (Å²) in [7, 11) is 4.31. The van der Waals surface area contributed by atoms with Crippen molar-refractivity contribution in [2.24, 2.45) is 0 Å². The van der Waals surface area contributed by atoms with Crippen LogP contribution in [0.1, 0.15) is 44.4 Å². The van der Waals surface area contributed by atoms with Gasteiger partial charge in [-0.2, -0.15) is 0 Å². The molecule has 0 bridgehead atoms. The zero-order chi connectivity index (χ0) is 14.5. The van der Waals surface area contributed by atoms with Crippen LogP contribution in [0.4, 0.5) is 5.95 Å². The Balaban J connectivity index is 0.00000220. The van der Waals surface area contributed by atoms with Crippen LogP contribution in [0.2, 0.25) is 0 Å². The van der Waals surface area contributed by atoms with Crippen LogP contribution in [0.5, 0.6) is 0 Å². The summed E-state index contributed by atoms with van der Waals surface area (Å²) in [6.07, 6.45) is 7.80. The lowest BCUT2D eigenvalue weighted by molar-refractivity contribution is 0.221. The molecule has 2 rings (SSSR count). The van der Waals surface area contributed by atoms with Crippen LogP contribution >= 0.6 is 17.0 Å². The van der Waals surface area contributed by atoms with E-state index in [4.69, 9.17) is 4.98 Å². The Hall–Kier alpha value is -0.680. The average molecular weight is 357 g/mol. The fourth-order valence-electron chi connectivity index (χ4n) is 3.01. The highest BCUT2D eigenvalue weighted by Crippen LogP contribution is 2.23. The minimum Gasteiger partial charge on any atom is -0.344 e. The van der Waals surface area contributed by atoms with Gasteiger partial charge in [0, 0.05) is 31.5 Å². The van der Waals surface area contributed by atoms with E-state index in [9.17, 15) is 0 Å². The fourth-order valence-corrected chi connectivity index (χ4v) is 3.01. The van der Waals surface area contributed by atoms with Crippen LogP contribution in [-0.4, -0.2) is 48.1 Å². The van der Waals surface area contributed by atoms with Gasteiger partial charge in [0.15, 0.2) is 0 Å². The van der Waals surface area contributed by atoms with E-state index in [0.717, 1.165) is 31.8 Å².